The molecule has 0 saturated heterocycles. The van der Waals surface area contributed by atoms with E-state index >= 15 is 0 Å². The van der Waals surface area contributed by atoms with Gasteiger partial charge in [0.05, 0.1) is 12.9 Å². The van der Waals surface area contributed by atoms with Crippen molar-refractivity contribution in [3.63, 3.8) is 0 Å². The molecule has 9 heteroatoms. The molecule has 2 heterocycles. The van der Waals surface area contributed by atoms with Gasteiger partial charge in [0.2, 0.25) is 0 Å². The highest BCUT2D eigenvalue weighted by Gasteiger charge is 2.29. The molecule has 2 aromatic heterocycles. The van der Waals surface area contributed by atoms with Crippen molar-refractivity contribution in [2.24, 2.45) is 7.05 Å². The van der Waals surface area contributed by atoms with Gasteiger partial charge >= 0.3 is 0 Å². The molecule has 0 atom stereocenters. The lowest BCUT2D eigenvalue weighted by Gasteiger charge is -2.22. The molecule has 0 aliphatic rings. The highest BCUT2D eigenvalue weighted by molar-refractivity contribution is 7.93. The van der Waals surface area contributed by atoms with Crippen LogP contribution < -0.4 is 4.31 Å². The highest BCUT2D eigenvalue weighted by atomic mass is 32.2. The highest BCUT2D eigenvalue weighted by Crippen LogP contribution is 2.36. The third kappa shape index (κ3) is 3.38. The minimum atomic E-state index is -4.01. The van der Waals surface area contributed by atoms with Crippen LogP contribution in [0, 0.1) is 11.6 Å². The topological polar surface area (TPSA) is 55.2 Å². The van der Waals surface area contributed by atoms with Gasteiger partial charge in [-0.3, -0.25) is 4.31 Å². The summed E-state index contributed by atoms with van der Waals surface area (Å²) in [5.41, 5.74) is 0.330. The summed E-state index contributed by atoms with van der Waals surface area (Å²) >= 11 is 1.30. The van der Waals surface area contributed by atoms with Crippen LogP contribution in [0.1, 0.15) is 5.56 Å². The van der Waals surface area contributed by atoms with Crippen LogP contribution in [-0.4, -0.2) is 18.0 Å². The Morgan fingerprint density at radius 1 is 1.11 bits per heavy atom. The van der Waals surface area contributed by atoms with Crippen LogP contribution in [0.15, 0.2) is 66.1 Å². The van der Waals surface area contributed by atoms with Gasteiger partial charge < -0.3 is 4.57 Å². The number of nitrogens with zero attached hydrogens (tertiary/aromatic N) is 3. The van der Waals surface area contributed by atoms with Crippen LogP contribution in [0.3, 0.4) is 0 Å². The van der Waals surface area contributed by atoms with Crippen LogP contribution in [0.2, 0.25) is 0 Å². The van der Waals surface area contributed by atoms with E-state index in [4.69, 9.17) is 0 Å². The number of anilines is 1. The molecule has 0 amide bonds. The number of fused-ring (bicyclic) bond motifs is 1. The average molecular weight is 419 g/mol. The number of hydrogen-bond acceptors (Lipinski definition) is 4. The number of halogens is 2. The summed E-state index contributed by atoms with van der Waals surface area (Å²) in [5, 5.41) is 1.25. The van der Waals surface area contributed by atoms with Crippen LogP contribution in [0.5, 0.6) is 0 Å². The van der Waals surface area contributed by atoms with Gasteiger partial charge in [-0.25, -0.2) is 13.8 Å². The molecule has 144 valence electrons. The molecular weight excluding hydrogens is 404 g/mol. The summed E-state index contributed by atoms with van der Waals surface area (Å²) < 4.78 is 57.1. The van der Waals surface area contributed by atoms with E-state index in [0.29, 0.717) is 10.6 Å². The predicted octanol–water partition coefficient (Wildman–Crippen LogP) is 4.31. The fourth-order valence-corrected chi connectivity index (χ4v) is 5.50. The van der Waals surface area contributed by atoms with Crippen molar-refractivity contribution < 1.29 is 17.2 Å². The number of aromatic nitrogens is 2. The monoisotopic (exact) mass is 419 g/mol. The van der Waals surface area contributed by atoms with Gasteiger partial charge in [-0.1, -0.05) is 24.3 Å². The van der Waals surface area contributed by atoms with Crippen LogP contribution in [-0.2, 0) is 23.6 Å². The van der Waals surface area contributed by atoms with Crippen molar-refractivity contribution in [3.05, 3.63) is 78.3 Å². The first-order valence-corrected chi connectivity index (χ1v) is 10.5. The number of thiophene rings is 1. The molecule has 5 nitrogen and oxygen atoms in total. The zero-order valence-corrected chi connectivity index (χ0v) is 16.3. The molecule has 28 heavy (non-hydrogen) atoms. The predicted molar refractivity (Wildman–Crippen MR) is 105 cm³/mol. The molecule has 0 spiro atoms. The fraction of sp³-hybridized carbons (Fsp3) is 0.105. The lowest BCUT2D eigenvalue weighted by molar-refractivity contribution is 0.507. The Labute approximate surface area is 164 Å². The second-order valence-corrected chi connectivity index (χ2v) is 9.13. The van der Waals surface area contributed by atoms with Gasteiger partial charge in [-0.05, 0) is 35.2 Å². The molecule has 0 aliphatic carbocycles. The van der Waals surface area contributed by atoms with Gasteiger partial charge in [0.15, 0.2) is 16.7 Å². The first kappa shape index (κ1) is 18.6. The average Bonchev–Trinajstić information content (AvgIpc) is 3.28. The summed E-state index contributed by atoms with van der Waals surface area (Å²) in [6.07, 6.45) is 2.80. The molecule has 0 bridgehead atoms. The van der Waals surface area contributed by atoms with Gasteiger partial charge in [0.25, 0.3) is 10.0 Å². The maximum atomic E-state index is 13.7. The fourth-order valence-electron chi connectivity index (χ4n) is 2.81. The zero-order chi connectivity index (χ0) is 19.9. The molecule has 0 saturated carbocycles. The quantitative estimate of drug-likeness (QED) is 0.484. The lowest BCUT2D eigenvalue weighted by atomic mass is 10.2. The molecule has 2 aromatic carbocycles. The normalized spacial score (nSPS) is 11.8. The minimum absolute atomic E-state index is 0.116. The number of sulfonamides is 1. The summed E-state index contributed by atoms with van der Waals surface area (Å²) in [4.78, 5) is 3.96. The van der Waals surface area contributed by atoms with Crippen molar-refractivity contribution in [2.45, 2.75) is 11.6 Å². The van der Waals surface area contributed by atoms with Crippen LogP contribution in [0.4, 0.5) is 13.8 Å². The largest absolute Gasteiger partial charge is 0.339 e. The third-order valence-electron chi connectivity index (χ3n) is 4.20. The van der Waals surface area contributed by atoms with Gasteiger partial charge in [0.1, 0.15) is 5.00 Å². The number of benzene rings is 2. The molecule has 4 rings (SSSR count). The SMILES string of the molecule is Cn1cnc(S(=O)(=O)N(Cc2ccc(F)c(F)c2)c2cc3ccccc3s2)c1. The van der Waals surface area contributed by atoms with E-state index in [0.717, 1.165) is 22.2 Å². The second-order valence-electron chi connectivity index (χ2n) is 6.26. The standard InChI is InChI=1S/C19H15F2N3O2S2/c1-23-11-18(22-12-23)28(25,26)24(10-13-6-7-15(20)16(21)8-13)19-9-14-4-2-3-5-17(14)27-19/h2-9,11-12H,10H2,1H3. The maximum Gasteiger partial charge on any atom is 0.284 e. The summed E-state index contributed by atoms with van der Waals surface area (Å²) in [6.45, 7) is -0.150. The van der Waals surface area contributed by atoms with Crippen LogP contribution in [0.25, 0.3) is 10.1 Å². The van der Waals surface area contributed by atoms with E-state index < -0.39 is 21.7 Å². The number of rotatable bonds is 5. The van der Waals surface area contributed by atoms with E-state index in [9.17, 15) is 17.2 Å². The second kappa shape index (κ2) is 6.99. The molecule has 4 aromatic rings. The van der Waals surface area contributed by atoms with Crippen molar-refractivity contribution in [3.8, 4) is 0 Å². The first-order chi connectivity index (χ1) is 13.3. The third-order valence-corrected chi connectivity index (χ3v) is 7.10. The van der Waals surface area contributed by atoms with Crippen LogP contribution >= 0.6 is 11.3 Å². The number of imidazole rings is 1. The first-order valence-electron chi connectivity index (χ1n) is 8.28. The number of hydrogen-bond donors (Lipinski definition) is 0. The smallest absolute Gasteiger partial charge is 0.284 e. The molecular formula is C19H15F2N3O2S2. The molecule has 0 aliphatic heterocycles. The maximum absolute atomic E-state index is 13.7. The Kier molecular flexibility index (Phi) is 4.64. The molecule has 0 fully saturated rings. The zero-order valence-electron chi connectivity index (χ0n) is 14.7. The summed E-state index contributed by atoms with van der Waals surface area (Å²) in [6, 6.07) is 12.6. The van der Waals surface area contributed by atoms with E-state index in [-0.39, 0.29) is 11.6 Å². The Hall–Kier alpha value is -2.78. The van der Waals surface area contributed by atoms with E-state index in [1.807, 2.05) is 24.3 Å². The lowest BCUT2D eigenvalue weighted by Crippen LogP contribution is -2.30. The van der Waals surface area contributed by atoms with E-state index in [2.05, 4.69) is 4.98 Å². The van der Waals surface area contributed by atoms with Crippen molar-refractivity contribution in [1.29, 1.82) is 0 Å². The van der Waals surface area contributed by atoms with Crippen molar-refractivity contribution in [2.75, 3.05) is 4.31 Å². The Bertz CT molecular complexity index is 1230. The van der Waals surface area contributed by atoms with E-state index in [1.54, 1.807) is 13.1 Å². The summed E-state index contributed by atoms with van der Waals surface area (Å²) in [5.74, 6) is -2.01. The van der Waals surface area contributed by atoms with E-state index in [1.165, 1.54) is 38.8 Å². The van der Waals surface area contributed by atoms with Gasteiger partial charge in [-0.2, -0.15) is 8.42 Å². The van der Waals surface area contributed by atoms with Gasteiger partial charge in [-0.15, -0.1) is 11.3 Å². The van der Waals surface area contributed by atoms with Crippen molar-refractivity contribution in [1.82, 2.24) is 9.55 Å². The Morgan fingerprint density at radius 3 is 2.57 bits per heavy atom. The Morgan fingerprint density at radius 2 is 1.89 bits per heavy atom. The van der Waals surface area contributed by atoms with Crippen molar-refractivity contribution >= 4 is 36.4 Å². The van der Waals surface area contributed by atoms with Gasteiger partial charge in [0, 0.05) is 17.9 Å². The number of aryl methyl sites for hydroxylation is 1. The molecule has 0 radical (unpaired) electrons. The molecule has 0 unspecified atom stereocenters. The minimum Gasteiger partial charge on any atom is -0.339 e. The summed E-state index contributed by atoms with van der Waals surface area (Å²) in [7, 11) is -2.33. The molecule has 0 N–H and O–H groups in total. The Balaban J connectivity index is 1.83.